The van der Waals surface area contributed by atoms with E-state index >= 15 is 0 Å². The molecule has 58 heavy (non-hydrogen) atoms. The molecule has 0 radical (unpaired) electrons. The lowest BCUT2D eigenvalue weighted by Crippen LogP contribution is -2.30. The SMILES string of the molecule is CCCCCCCCCCCCCCCCCCCCCC(=O)O[C@H](COC(=O)CCCCCCCCCCC(C)CC)COC(=O)CCCCCCCCC(C)C. The molecule has 0 aromatic rings. The Labute approximate surface area is 361 Å². The van der Waals surface area contributed by atoms with Crippen LogP contribution in [0.2, 0.25) is 0 Å². The minimum atomic E-state index is -0.762. The van der Waals surface area contributed by atoms with E-state index in [1.165, 1.54) is 173 Å². The van der Waals surface area contributed by atoms with E-state index in [0.29, 0.717) is 19.3 Å². The summed E-state index contributed by atoms with van der Waals surface area (Å²) in [5.74, 6) is 0.755. The topological polar surface area (TPSA) is 78.9 Å². The predicted octanol–water partition coefficient (Wildman–Crippen LogP) is 16.5. The van der Waals surface area contributed by atoms with Crippen molar-refractivity contribution in [1.29, 1.82) is 0 Å². The van der Waals surface area contributed by atoms with Crippen LogP contribution in [0.25, 0.3) is 0 Å². The average molecular weight is 821 g/mol. The van der Waals surface area contributed by atoms with Crippen molar-refractivity contribution in [3.8, 4) is 0 Å². The Morgan fingerprint density at radius 3 is 0.983 bits per heavy atom. The fraction of sp³-hybridized carbons (Fsp3) is 0.942. The van der Waals surface area contributed by atoms with Crippen LogP contribution in [-0.4, -0.2) is 37.2 Å². The molecule has 344 valence electrons. The maximum absolute atomic E-state index is 12.8. The van der Waals surface area contributed by atoms with Gasteiger partial charge in [-0.2, -0.15) is 0 Å². The molecule has 0 N–H and O–H groups in total. The lowest BCUT2D eigenvalue weighted by Gasteiger charge is -2.18. The van der Waals surface area contributed by atoms with Gasteiger partial charge in [-0.15, -0.1) is 0 Å². The summed E-state index contributed by atoms with van der Waals surface area (Å²) in [6.45, 7) is 11.3. The van der Waals surface area contributed by atoms with Gasteiger partial charge in [0.15, 0.2) is 6.10 Å². The monoisotopic (exact) mass is 821 g/mol. The highest BCUT2D eigenvalue weighted by molar-refractivity contribution is 5.71. The van der Waals surface area contributed by atoms with Crippen LogP contribution in [0.3, 0.4) is 0 Å². The maximum Gasteiger partial charge on any atom is 0.306 e. The number of hydrogen-bond donors (Lipinski definition) is 0. The van der Waals surface area contributed by atoms with Crippen LogP contribution in [0.15, 0.2) is 0 Å². The van der Waals surface area contributed by atoms with Crippen LogP contribution in [0.5, 0.6) is 0 Å². The van der Waals surface area contributed by atoms with Crippen LogP contribution in [0, 0.1) is 11.8 Å². The Bertz CT molecular complexity index is 887. The molecule has 0 bridgehead atoms. The zero-order valence-corrected chi connectivity index (χ0v) is 39.7. The number of ether oxygens (including phenoxy) is 3. The average Bonchev–Trinajstić information content (AvgIpc) is 3.21. The van der Waals surface area contributed by atoms with E-state index in [1.807, 2.05) is 0 Å². The van der Waals surface area contributed by atoms with Crippen LogP contribution >= 0.6 is 0 Å². The van der Waals surface area contributed by atoms with Gasteiger partial charge in [0, 0.05) is 19.3 Å². The van der Waals surface area contributed by atoms with E-state index in [1.54, 1.807) is 0 Å². The molecule has 6 heteroatoms. The zero-order valence-electron chi connectivity index (χ0n) is 39.7. The lowest BCUT2D eigenvalue weighted by atomic mass is 9.99. The number of hydrogen-bond acceptors (Lipinski definition) is 6. The molecule has 0 aliphatic rings. The first-order valence-electron chi connectivity index (χ1n) is 25.8. The summed E-state index contributed by atoms with van der Waals surface area (Å²) >= 11 is 0. The molecule has 0 amide bonds. The van der Waals surface area contributed by atoms with E-state index in [-0.39, 0.29) is 31.1 Å². The molecular formula is C52H100O6. The normalized spacial score (nSPS) is 12.5. The van der Waals surface area contributed by atoms with E-state index in [9.17, 15) is 14.4 Å². The predicted molar refractivity (Wildman–Crippen MR) is 247 cm³/mol. The Morgan fingerprint density at radius 2 is 0.655 bits per heavy atom. The van der Waals surface area contributed by atoms with Crippen molar-refractivity contribution in [3.63, 3.8) is 0 Å². The number of rotatable bonds is 46. The van der Waals surface area contributed by atoms with Crippen LogP contribution in [0.4, 0.5) is 0 Å². The molecule has 0 aromatic carbocycles. The van der Waals surface area contributed by atoms with Gasteiger partial charge < -0.3 is 14.2 Å². The third kappa shape index (κ3) is 44.0. The van der Waals surface area contributed by atoms with Crippen molar-refractivity contribution in [1.82, 2.24) is 0 Å². The third-order valence-corrected chi connectivity index (χ3v) is 12.1. The second kappa shape index (κ2) is 44.9. The Hall–Kier alpha value is -1.59. The second-order valence-electron chi connectivity index (χ2n) is 18.5. The molecule has 0 saturated heterocycles. The van der Waals surface area contributed by atoms with Crippen molar-refractivity contribution in [2.45, 2.75) is 291 Å². The largest absolute Gasteiger partial charge is 0.462 e. The molecule has 0 spiro atoms. The molecule has 0 saturated carbocycles. The second-order valence-corrected chi connectivity index (χ2v) is 18.5. The van der Waals surface area contributed by atoms with Crippen LogP contribution in [-0.2, 0) is 28.6 Å². The Kier molecular flexibility index (Phi) is 43.7. The fourth-order valence-corrected chi connectivity index (χ4v) is 7.78. The van der Waals surface area contributed by atoms with E-state index in [4.69, 9.17) is 14.2 Å². The molecule has 0 heterocycles. The molecule has 0 fully saturated rings. The molecule has 0 aromatic heterocycles. The van der Waals surface area contributed by atoms with Gasteiger partial charge in [-0.1, -0.05) is 247 Å². The fourth-order valence-electron chi connectivity index (χ4n) is 7.78. The molecular weight excluding hydrogens is 721 g/mol. The van der Waals surface area contributed by atoms with Gasteiger partial charge in [-0.25, -0.2) is 0 Å². The first-order chi connectivity index (χ1) is 28.3. The number of carbonyl (C=O) groups is 3. The standard InChI is InChI=1S/C52H100O6/c1-6-8-9-10-11-12-13-14-15-16-17-18-19-20-21-22-27-34-39-44-52(55)58-49(46-57-51(54)43-38-33-29-28-30-35-40-47(3)4)45-56-50(53)42-37-32-26-24-23-25-31-36-41-48(5)7-2/h47-49H,6-46H2,1-5H3/t48?,49-/m1/s1. The number of carbonyl (C=O) groups excluding carboxylic acids is 3. The van der Waals surface area contributed by atoms with Crippen molar-refractivity contribution < 1.29 is 28.6 Å². The van der Waals surface area contributed by atoms with Crippen molar-refractivity contribution in [3.05, 3.63) is 0 Å². The highest BCUT2D eigenvalue weighted by atomic mass is 16.6. The summed E-state index contributed by atoms with van der Waals surface area (Å²) in [7, 11) is 0. The minimum absolute atomic E-state index is 0.0654. The van der Waals surface area contributed by atoms with Gasteiger partial charge in [0.2, 0.25) is 0 Å². The van der Waals surface area contributed by atoms with E-state index < -0.39 is 6.10 Å². The minimum Gasteiger partial charge on any atom is -0.462 e. The number of unbranched alkanes of at least 4 members (excludes halogenated alkanes) is 30. The van der Waals surface area contributed by atoms with Gasteiger partial charge in [0.05, 0.1) is 0 Å². The Morgan fingerprint density at radius 1 is 0.362 bits per heavy atom. The summed E-state index contributed by atoms with van der Waals surface area (Å²) in [5.41, 5.74) is 0. The molecule has 6 nitrogen and oxygen atoms in total. The van der Waals surface area contributed by atoms with Crippen LogP contribution in [0.1, 0.15) is 285 Å². The molecule has 2 atom stereocenters. The highest BCUT2D eigenvalue weighted by Gasteiger charge is 2.19. The van der Waals surface area contributed by atoms with Crippen molar-refractivity contribution in [2.24, 2.45) is 11.8 Å². The first kappa shape index (κ1) is 56.4. The molecule has 1 unspecified atom stereocenters. The summed E-state index contributed by atoms with van der Waals surface area (Å²) in [4.78, 5) is 37.8. The highest BCUT2D eigenvalue weighted by Crippen LogP contribution is 2.18. The van der Waals surface area contributed by atoms with E-state index in [0.717, 1.165) is 69.6 Å². The maximum atomic E-state index is 12.8. The summed E-state index contributed by atoms with van der Waals surface area (Å²) in [6, 6.07) is 0. The van der Waals surface area contributed by atoms with E-state index in [2.05, 4.69) is 34.6 Å². The smallest absolute Gasteiger partial charge is 0.306 e. The van der Waals surface area contributed by atoms with Crippen LogP contribution < -0.4 is 0 Å². The Balaban J connectivity index is 4.24. The number of esters is 3. The van der Waals surface area contributed by atoms with Gasteiger partial charge in [0.1, 0.15) is 13.2 Å². The zero-order chi connectivity index (χ0) is 42.6. The van der Waals surface area contributed by atoms with Crippen molar-refractivity contribution >= 4 is 17.9 Å². The third-order valence-electron chi connectivity index (χ3n) is 12.1. The quantitative estimate of drug-likeness (QED) is 0.0346. The molecule has 0 aliphatic heterocycles. The molecule has 0 rings (SSSR count). The van der Waals surface area contributed by atoms with Gasteiger partial charge in [0.25, 0.3) is 0 Å². The summed E-state index contributed by atoms with van der Waals surface area (Å²) in [5, 5.41) is 0. The summed E-state index contributed by atoms with van der Waals surface area (Å²) < 4.78 is 16.8. The van der Waals surface area contributed by atoms with Gasteiger partial charge in [-0.3, -0.25) is 14.4 Å². The van der Waals surface area contributed by atoms with Gasteiger partial charge >= 0.3 is 17.9 Å². The first-order valence-corrected chi connectivity index (χ1v) is 25.8. The molecule has 0 aliphatic carbocycles. The summed E-state index contributed by atoms with van der Waals surface area (Å²) in [6.07, 6.45) is 45.3. The lowest BCUT2D eigenvalue weighted by molar-refractivity contribution is -0.167. The van der Waals surface area contributed by atoms with Crippen molar-refractivity contribution in [2.75, 3.05) is 13.2 Å². The van der Waals surface area contributed by atoms with Gasteiger partial charge in [-0.05, 0) is 31.1 Å².